The average molecular weight is 182 g/mol. The van der Waals surface area contributed by atoms with Crippen LogP contribution in [0.25, 0.3) is 11.0 Å². The van der Waals surface area contributed by atoms with Gasteiger partial charge >= 0.3 is 0 Å². The van der Waals surface area contributed by atoms with Gasteiger partial charge in [0.2, 0.25) is 0 Å². The summed E-state index contributed by atoms with van der Waals surface area (Å²) in [4.78, 5) is 3.80. The van der Waals surface area contributed by atoms with Crippen molar-refractivity contribution in [3.8, 4) is 0 Å². The van der Waals surface area contributed by atoms with E-state index in [1.807, 2.05) is 6.92 Å². The summed E-state index contributed by atoms with van der Waals surface area (Å²) in [5.41, 5.74) is 0.725. The van der Waals surface area contributed by atoms with Crippen LogP contribution in [-0.2, 0) is 6.54 Å². The molecule has 0 spiro atoms. The number of hydrogen-bond donors (Lipinski definition) is 0. The van der Waals surface area contributed by atoms with Crippen LogP contribution < -0.4 is 0 Å². The van der Waals surface area contributed by atoms with Crippen molar-refractivity contribution < 1.29 is 8.78 Å². The number of nitrogens with zero attached hydrogens (tertiary/aromatic N) is 2. The molecule has 13 heavy (non-hydrogen) atoms. The number of aromatic nitrogens is 2. The largest absolute Gasteiger partial charge is 0.331 e. The summed E-state index contributed by atoms with van der Waals surface area (Å²) in [6, 6.07) is 2.65. The number of imidazole rings is 1. The number of benzene rings is 1. The molecule has 0 aliphatic carbocycles. The first-order chi connectivity index (χ1) is 6.24. The summed E-state index contributed by atoms with van der Waals surface area (Å²) in [6.07, 6.45) is 1.51. The molecular weight excluding hydrogens is 174 g/mol. The van der Waals surface area contributed by atoms with Crippen molar-refractivity contribution in [1.29, 1.82) is 0 Å². The molecule has 0 amide bonds. The number of rotatable bonds is 1. The zero-order valence-corrected chi connectivity index (χ0v) is 7.09. The van der Waals surface area contributed by atoms with E-state index in [0.717, 1.165) is 6.07 Å². The lowest BCUT2D eigenvalue weighted by atomic mass is 10.3. The Morgan fingerprint density at radius 1 is 1.38 bits per heavy atom. The highest BCUT2D eigenvalue weighted by atomic mass is 19.2. The third-order valence-electron chi connectivity index (χ3n) is 2.02. The van der Waals surface area contributed by atoms with E-state index in [1.54, 1.807) is 4.57 Å². The average Bonchev–Trinajstić information content (AvgIpc) is 2.55. The Balaban J connectivity index is 2.81. The predicted molar refractivity (Wildman–Crippen MR) is 45.3 cm³/mol. The lowest BCUT2D eigenvalue weighted by Crippen LogP contribution is -1.92. The van der Waals surface area contributed by atoms with Crippen molar-refractivity contribution >= 4 is 11.0 Å². The lowest BCUT2D eigenvalue weighted by molar-refractivity contribution is 0.515. The first kappa shape index (κ1) is 8.16. The molecule has 0 radical (unpaired) electrons. The normalized spacial score (nSPS) is 11.0. The number of halogens is 2. The highest BCUT2D eigenvalue weighted by Gasteiger charge is 2.10. The zero-order valence-electron chi connectivity index (χ0n) is 7.09. The second-order valence-electron chi connectivity index (χ2n) is 2.76. The maximum absolute atomic E-state index is 13.1. The third kappa shape index (κ3) is 1.09. The number of fused-ring (bicyclic) bond motifs is 1. The first-order valence-corrected chi connectivity index (χ1v) is 4.03. The number of aryl methyl sites for hydroxylation is 1. The zero-order chi connectivity index (χ0) is 9.42. The van der Waals surface area contributed by atoms with Crippen LogP contribution in [0.2, 0.25) is 0 Å². The Morgan fingerprint density at radius 3 is 2.85 bits per heavy atom. The van der Waals surface area contributed by atoms with Crippen LogP contribution >= 0.6 is 0 Å². The van der Waals surface area contributed by atoms with Crippen molar-refractivity contribution in [2.24, 2.45) is 0 Å². The molecule has 0 N–H and O–H groups in total. The highest BCUT2D eigenvalue weighted by molar-refractivity contribution is 5.75. The van der Waals surface area contributed by atoms with Crippen LogP contribution in [0.5, 0.6) is 0 Å². The molecule has 68 valence electrons. The van der Waals surface area contributed by atoms with Gasteiger partial charge in [-0.05, 0) is 19.1 Å². The quantitative estimate of drug-likeness (QED) is 0.661. The minimum Gasteiger partial charge on any atom is -0.331 e. The molecular formula is C9H8F2N2. The minimum atomic E-state index is -0.871. The Kier molecular flexibility index (Phi) is 1.76. The second kappa shape index (κ2) is 2.80. The fourth-order valence-electron chi connectivity index (χ4n) is 1.33. The molecule has 0 fully saturated rings. The summed E-state index contributed by atoms with van der Waals surface area (Å²) in [5, 5.41) is 0. The molecule has 0 aliphatic rings. The van der Waals surface area contributed by atoms with Crippen molar-refractivity contribution in [2.45, 2.75) is 13.5 Å². The van der Waals surface area contributed by atoms with Gasteiger partial charge in [-0.1, -0.05) is 0 Å². The fraction of sp³-hybridized carbons (Fsp3) is 0.222. The molecule has 2 rings (SSSR count). The maximum atomic E-state index is 13.1. The van der Waals surface area contributed by atoms with Gasteiger partial charge in [0.25, 0.3) is 0 Å². The molecule has 1 aromatic carbocycles. The summed E-state index contributed by atoms with van der Waals surface area (Å²) in [5.74, 6) is -1.72. The van der Waals surface area contributed by atoms with Crippen molar-refractivity contribution in [3.63, 3.8) is 0 Å². The molecule has 0 saturated heterocycles. The van der Waals surface area contributed by atoms with Gasteiger partial charge in [-0.15, -0.1) is 0 Å². The summed E-state index contributed by atoms with van der Waals surface area (Å²) >= 11 is 0. The monoisotopic (exact) mass is 182 g/mol. The van der Waals surface area contributed by atoms with Gasteiger partial charge in [-0.2, -0.15) is 0 Å². The van der Waals surface area contributed by atoms with E-state index in [9.17, 15) is 8.78 Å². The van der Waals surface area contributed by atoms with Crippen molar-refractivity contribution in [1.82, 2.24) is 9.55 Å². The smallest absolute Gasteiger partial charge is 0.186 e. The van der Waals surface area contributed by atoms with E-state index in [0.29, 0.717) is 12.1 Å². The Hall–Kier alpha value is -1.45. The summed E-state index contributed by atoms with van der Waals surface area (Å²) < 4.78 is 27.6. The Bertz CT molecular complexity index is 448. The molecule has 4 heteroatoms. The van der Waals surface area contributed by atoms with E-state index in [-0.39, 0.29) is 5.52 Å². The van der Waals surface area contributed by atoms with E-state index in [1.165, 1.54) is 12.4 Å². The lowest BCUT2D eigenvalue weighted by Gasteiger charge is -1.98. The van der Waals surface area contributed by atoms with Gasteiger partial charge in [-0.25, -0.2) is 13.8 Å². The fourth-order valence-corrected chi connectivity index (χ4v) is 1.33. The minimum absolute atomic E-state index is 0.0989. The maximum Gasteiger partial charge on any atom is 0.186 e. The summed E-state index contributed by atoms with van der Waals surface area (Å²) in [6.45, 7) is 2.62. The molecule has 1 heterocycles. The topological polar surface area (TPSA) is 17.8 Å². The SMILES string of the molecule is CCn1cnc2c(F)c(F)ccc21. The molecule has 0 unspecified atom stereocenters. The standard InChI is InChI=1S/C9H8F2N2/c1-2-13-5-12-9-7(13)4-3-6(10)8(9)11/h3-5H,2H2,1H3. The summed E-state index contributed by atoms with van der Waals surface area (Å²) in [7, 11) is 0. The highest BCUT2D eigenvalue weighted by Crippen LogP contribution is 2.18. The van der Waals surface area contributed by atoms with Crippen molar-refractivity contribution in [2.75, 3.05) is 0 Å². The van der Waals surface area contributed by atoms with Gasteiger partial charge in [0, 0.05) is 6.54 Å². The van der Waals surface area contributed by atoms with E-state index < -0.39 is 11.6 Å². The molecule has 0 bridgehead atoms. The van der Waals surface area contributed by atoms with Crippen LogP contribution in [-0.4, -0.2) is 9.55 Å². The van der Waals surface area contributed by atoms with Gasteiger partial charge < -0.3 is 4.57 Å². The second-order valence-corrected chi connectivity index (χ2v) is 2.76. The van der Waals surface area contributed by atoms with Crippen LogP contribution in [0.4, 0.5) is 8.78 Å². The molecule has 0 atom stereocenters. The first-order valence-electron chi connectivity index (χ1n) is 4.03. The van der Waals surface area contributed by atoms with E-state index in [2.05, 4.69) is 4.98 Å². The van der Waals surface area contributed by atoms with E-state index in [4.69, 9.17) is 0 Å². The molecule has 1 aromatic heterocycles. The molecule has 0 saturated carbocycles. The van der Waals surface area contributed by atoms with Gasteiger partial charge in [-0.3, -0.25) is 0 Å². The Labute approximate surface area is 73.8 Å². The van der Waals surface area contributed by atoms with Crippen LogP contribution in [0, 0.1) is 11.6 Å². The van der Waals surface area contributed by atoms with Gasteiger partial charge in [0.15, 0.2) is 11.6 Å². The van der Waals surface area contributed by atoms with Crippen LogP contribution in [0.15, 0.2) is 18.5 Å². The molecule has 2 nitrogen and oxygen atoms in total. The van der Waals surface area contributed by atoms with E-state index >= 15 is 0 Å². The van der Waals surface area contributed by atoms with Crippen LogP contribution in [0.3, 0.4) is 0 Å². The third-order valence-corrected chi connectivity index (χ3v) is 2.02. The van der Waals surface area contributed by atoms with Gasteiger partial charge in [0.1, 0.15) is 5.52 Å². The molecule has 2 aromatic rings. The Morgan fingerprint density at radius 2 is 2.15 bits per heavy atom. The molecule has 0 aliphatic heterocycles. The number of hydrogen-bond acceptors (Lipinski definition) is 1. The van der Waals surface area contributed by atoms with Gasteiger partial charge in [0.05, 0.1) is 11.8 Å². The van der Waals surface area contributed by atoms with Crippen LogP contribution in [0.1, 0.15) is 6.92 Å². The predicted octanol–water partition coefficient (Wildman–Crippen LogP) is 2.33. The van der Waals surface area contributed by atoms with Crippen molar-refractivity contribution in [3.05, 3.63) is 30.1 Å².